The quantitative estimate of drug-likeness (QED) is 0.693. The van der Waals surface area contributed by atoms with Gasteiger partial charge in [-0.25, -0.2) is 8.42 Å². The van der Waals surface area contributed by atoms with Crippen LogP contribution in [0.2, 0.25) is 0 Å². The predicted octanol–water partition coefficient (Wildman–Crippen LogP) is 2.33. The van der Waals surface area contributed by atoms with Crippen molar-refractivity contribution in [2.75, 3.05) is 26.7 Å². The molecule has 0 unspecified atom stereocenters. The molecule has 8 heteroatoms. The van der Waals surface area contributed by atoms with Crippen molar-refractivity contribution in [2.24, 2.45) is 5.92 Å². The Balaban J connectivity index is 2.08. The van der Waals surface area contributed by atoms with E-state index in [1.807, 2.05) is 37.3 Å². The van der Waals surface area contributed by atoms with Gasteiger partial charge in [0.15, 0.2) is 0 Å². The van der Waals surface area contributed by atoms with Gasteiger partial charge in [-0.3, -0.25) is 4.79 Å². The summed E-state index contributed by atoms with van der Waals surface area (Å²) in [5.41, 5.74) is 1.46. The molecule has 3 rings (SSSR count). The van der Waals surface area contributed by atoms with Gasteiger partial charge in [0.25, 0.3) is 0 Å². The minimum Gasteiger partial charge on any atom is -0.487 e. The van der Waals surface area contributed by atoms with E-state index >= 15 is 0 Å². The van der Waals surface area contributed by atoms with Gasteiger partial charge >= 0.3 is 0 Å². The highest BCUT2D eigenvalue weighted by molar-refractivity contribution is 7.89. The van der Waals surface area contributed by atoms with E-state index in [1.165, 1.54) is 17.3 Å². The molecule has 1 aliphatic heterocycles. The predicted molar refractivity (Wildman–Crippen MR) is 126 cm³/mol. The fraction of sp³-hybridized carbons (Fsp3) is 0.400. The van der Waals surface area contributed by atoms with Gasteiger partial charge in [-0.2, -0.15) is 4.31 Å². The van der Waals surface area contributed by atoms with Crippen LogP contribution >= 0.6 is 0 Å². The first kappa shape index (κ1) is 24.8. The molecule has 2 aromatic carbocycles. The number of aliphatic hydroxyl groups excluding tert-OH is 1. The highest BCUT2D eigenvalue weighted by atomic mass is 32.2. The summed E-state index contributed by atoms with van der Waals surface area (Å²) in [5.74, 6) is 5.98. The molecule has 0 saturated heterocycles. The summed E-state index contributed by atoms with van der Waals surface area (Å²) in [6.45, 7) is 5.19. The third kappa shape index (κ3) is 5.74. The van der Waals surface area contributed by atoms with E-state index in [9.17, 15) is 18.3 Å². The van der Waals surface area contributed by atoms with Gasteiger partial charge in [-0.05, 0) is 37.3 Å². The number of amides is 1. The number of sulfonamides is 1. The normalized spacial score (nSPS) is 20.8. The van der Waals surface area contributed by atoms with Crippen LogP contribution in [-0.2, 0) is 14.8 Å². The van der Waals surface area contributed by atoms with E-state index in [2.05, 4.69) is 11.8 Å². The molecule has 0 spiro atoms. The van der Waals surface area contributed by atoms with Gasteiger partial charge in [0.2, 0.25) is 15.9 Å². The van der Waals surface area contributed by atoms with Crippen LogP contribution in [0, 0.1) is 17.8 Å². The van der Waals surface area contributed by atoms with Crippen LogP contribution in [0.4, 0.5) is 0 Å². The van der Waals surface area contributed by atoms with E-state index in [0.29, 0.717) is 12.1 Å². The third-order valence-electron chi connectivity index (χ3n) is 5.78. The fourth-order valence-electron chi connectivity index (χ4n) is 3.59. The van der Waals surface area contributed by atoms with Crippen molar-refractivity contribution >= 4 is 15.9 Å². The molecule has 0 fully saturated rings. The molecule has 1 N–H and O–H groups in total. The third-order valence-corrected chi connectivity index (χ3v) is 7.80. The summed E-state index contributed by atoms with van der Waals surface area (Å²) in [7, 11) is -2.23. The zero-order chi connectivity index (χ0) is 24.2. The molecule has 33 heavy (non-hydrogen) atoms. The number of rotatable bonds is 4. The van der Waals surface area contributed by atoms with Crippen LogP contribution in [-0.4, -0.2) is 67.5 Å². The van der Waals surface area contributed by atoms with E-state index in [4.69, 9.17) is 4.74 Å². The number of benzene rings is 2. The Morgan fingerprint density at radius 2 is 1.88 bits per heavy atom. The van der Waals surface area contributed by atoms with Crippen LogP contribution in [0.25, 0.3) is 0 Å². The Morgan fingerprint density at radius 3 is 2.52 bits per heavy atom. The minimum atomic E-state index is -3.92. The summed E-state index contributed by atoms with van der Waals surface area (Å²) in [4.78, 5) is 13.4. The lowest BCUT2D eigenvalue weighted by atomic mass is 10.0. The molecule has 0 radical (unpaired) electrons. The van der Waals surface area contributed by atoms with Crippen molar-refractivity contribution in [3.63, 3.8) is 0 Å². The molecule has 0 aromatic heterocycles. The van der Waals surface area contributed by atoms with Gasteiger partial charge in [-0.15, -0.1) is 0 Å². The number of aliphatic hydroxyl groups is 1. The van der Waals surface area contributed by atoms with Crippen LogP contribution in [0.5, 0.6) is 5.75 Å². The molecule has 176 valence electrons. The topological polar surface area (TPSA) is 87.2 Å². The summed E-state index contributed by atoms with van der Waals surface area (Å²) in [5, 5.41) is 9.71. The molecule has 1 amide bonds. The van der Waals surface area contributed by atoms with Crippen molar-refractivity contribution in [3.8, 4) is 17.6 Å². The van der Waals surface area contributed by atoms with Gasteiger partial charge in [-0.1, -0.05) is 37.0 Å². The number of hydrogen-bond acceptors (Lipinski definition) is 5. The Bertz CT molecular complexity index is 1150. The first-order chi connectivity index (χ1) is 15.6. The van der Waals surface area contributed by atoms with Gasteiger partial charge < -0.3 is 14.7 Å². The molecule has 0 saturated carbocycles. The number of fused-ring (bicyclic) bond motifs is 1. The number of likely N-dealkylation sites (N-methyl/N-ethyl adjacent to an activating group) is 1. The van der Waals surface area contributed by atoms with E-state index in [-0.39, 0.29) is 35.6 Å². The Labute approximate surface area is 196 Å². The van der Waals surface area contributed by atoms with E-state index < -0.39 is 22.2 Å². The number of hydrogen-bond donors (Lipinski definition) is 1. The summed E-state index contributed by atoms with van der Waals surface area (Å²) in [6, 6.07) is 13.7. The number of carbonyl (C=O) groups is 1. The standard InChI is InChI=1S/C25H30N2O5S/c1-18-15-27(19(2)17-28)33(30,31)25-13-12-22(11-10-21-8-6-5-7-9-21)14-23(25)32-24(18)16-26(4)20(3)29/h5-9,12-14,18-19,24,28H,15-17H2,1-4H3/t18-,19+,24-/m0/s1. The molecular formula is C25H30N2O5S. The lowest BCUT2D eigenvalue weighted by Crippen LogP contribution is -2.50. The number of nitrogens with zero attached hydrogens (tertiary/aromatic N) is 2. The van der Waals surface area contributed by atoms with Gasteiger partial charge in [0.1, 0.15) is 16.7 Å². The largest absolute Gasteiger partial charge is 0.487 e. The second-order valence-corrected chi connectivity index (χ2v) is 10.3. The number of ether oxygens (including phenoxy) is 1. The smallest absolute Gasteiger partial charge is 0.247 e. The molecule has 1 aliphatic rings. The summed E-state index contributed by atoms with van der Waals surface area (Å²) < 4.78 is 34.5. The Hall–Kier alpha value is -2.86. The molecule has 2 aromatic rings. The lowest BCUT2D eigenvalue weighted by molar-refractivity contribution is -0.129. The van der Waals surface area contributed by atoms with Crippen LogP contribution in [0.15, 0.2) is 53.4 Å². The van der Waals surface area contributed by atoms with Crippen molar-refractivity contribution in [3.05, 3.63) is 59.7 Å². The molecule has 1 heterocycles. The minimum absolute atomic E-state index is 0.0236. The first-order valence-electron chi connectivity index (χ1n) is 10.9. The van der Waals surface area contributed by atoms with Crippen molar-refractivity contribution < 1.29 is 23.1 Å². The highest BCUT2D eigenvalue weighted by Crippen LogP contribution is 2.34. The molecule has 0 bridgehead atoms. The molecule has 7 nitrogen and oxygen atoms in total. The molecular weight excluding hydrogens is 440 g/mol. The maximum Gasteiger partial charge on any atom is 0.247 e. The zero-order valence-corrected chi connectivity index (χ0v) is 20.2. The average molecular weight is 471 g/mol. The summed E-state index contributed by atoms with van der Waals surface area (Å²) >= 11 is 0. The van der Waals surface area contributed by atoms with Crippen molar-refractivity contribution in [1.82, 2.24) is 9.21 Å². The highest BCUT2D eigenvalue weighted by Gasteiger charge is 2.38. The second-order valence-electron chi connectivity index (χ2n) is 8.42. The van der Waals surface area contributed by atoms with Crippen molar-refractivity contribution in [2.45, 2.75) is 37.8 Å². The van der Waals surface area contributed by atoms with E-state index in [1.54, 1.807) is 31.0 Å². The van der Waals surface area contributed by atoms with Crippen LogP contribution in [0.3, 0.4) is 0 Å². The molecule has 0 aliphatic carbocycles. The summed E-state index contributed by atoms with van der Waals surface area (Å²) in [6.07, 6.45) is -0.445. The maximum absolute atomic E-state index is 13.5. The zero-order valence-electron chi connectivity index (χ0n) is 19.4. The van der Waals surface area contributed by atoms with Gasteiger partial charge in [0.05, 0.1) is 13.2 Å². The lowest BCUT2D eigenvalue weighted by Gasteiger charge is -2.37. The fourth-order valence-corrected chi connectivity index (χ4v) is 5.41. The Morgan fingerprint density at radius 1 is 1.21 bits per heavy atom. The first-order valence-corrected chi connectivity index (χ1v) is 12.3. The van der Waals surface area contributed by atoms with E-state index in [0.717, 1.165) is 5.56 Å². The second kappa shape index (κ2) is 10.4. The number of carbonyl (C=O) groups excluding carboxylic acids is 1. The monoisotopic (exact) mass is 470 g/mol. The van der Waals surface area contributed by atoms with Crippen molar-refractivity contribution in [1.29, 1.82) is 0 Å². The molecule has 3 atom stereocenters. The maximum atomic E-state index is 13.5. The van der Waals surface area contributed by atoms with Gasteiger partial charge in [0, 0.05) is 43.6 Å². The van der Waals surface area contributed by atoms with Crippen LogP contribution < -0.4 is 4.74 Å². The average Bonchev–Trinajstić information content (AvgIpc) is 2.79. The van der Waals surface area contributed by atoms with Crippen LogP contribution in [0.1, 0.15) is 31.9 Å². The Kier molecular flexibility index (Phi) is 7.80. The SMILES string of the molecule is CC(=O)N(C)C[C@@H]1Oc2cc(C#Cc3ccccc3)ccc2S(=O)(=O)N([C@H](C)CO)C[C@@H]1C.